The van der Waals surface area contributed by atoms with Crippen molar-refractivity contribution >= 4 is 23.5 Å². The summed E-state index contributed by atoms with van der Waals surface area (Å²) in [5.41, 5.74) is 2.74. The highest BCUT2D eigenvalue weighted by molar-refractivity contribution is 6.04. The maximum Gasteiger partial charge on any atom is 0.351 e. The van der Waals surface area contributed by atoms with Gasteiger partial charge in [-0.1, -0.05) is 121 Å². The number of aromatic nitrogens is 2. The van der Waals surface area contributed by atoms with Crippen LogP contribution in [0.2, 0.25) is 0 Å². The standard InChI is InChI=1S/C41H39N3O10/c1-50-41(51-2,54-39(29-17-9-4-10-18-29,30-19-11-5-12-20-30)31-21-13-6-14-22-31)40(37(48)28-15-7-3-8-16-28)32(52-36(47)24-23-35(45)46)27-34(53-40)44-26-25-33(42)43-38(44)49/h3-22,25-26,32,34H,23-24,27H2,1-2H3,(H,45,46)(H2,42,43,49)/t32-,34+,40+/m0/s1. The van der Waals surface area contributed by atoms with Crippen molar-refractivity contribution in [1.29, 1.82) is 0 Å². The Morgan fingerprint density at radius 1 is 0.815 bits per heavy atom. The van der Waals surface area contributed by atoms with E-state index in [-0.39, 0.29) is 17.8 Å². The van der Waals surface area contributed by atoms with Crippen LogP contribution in [0.3, 0.4) is 0 Å². The molecule has 0 unspecified atom stereocenters. The number of carbonyl (C=O) groups is 3. The number of carbonyl (C=O) groups excluding carboxylic acids is 2. The number of benzene rings is 4. The molecule has 1 fully saturated rings. The fourth-order valence-corrected chi connectivity index (χ4v) is 6.92. The van der Waals surface area contributed by atoms with Gasteiger partial charge in [0.15, 0.2) is 6.10 Å². The first kappa shape index (κ1) is 37.8. The number of carboxylic acids is 1. The molecular weight excluding hydrogens is 694 g/mol. The molecule has 278 valence electrons. The Labute approximate surface area is 310 Å². The number of methoxy groups -OCH3 is 2. The number of esters is 1. The zero-order valence-electron chi connectivity index (χ0n) is 29.6. The minimum absolute atomic E-state index is 0.0534. The number of hydrogen-bond acceptors (Lipinski definition) is 11. The number of hydrogen-bond donors (Lipinski definition) is 2. The van der Waals surface area contributed by atoms with Gasteiger partial charge in [-0.25, -0.2) is 4.79 Å². The summed E-state index contributed by atoms with van der Waals surface area (Å²) in [6.45, 7) is 0. The number of aliphatic carboxylic acids is 1. The van der Waals surface area contributed by atoms with Crippen LogP contribution >= 0.6 is 0 Å². The number of anilines is 1. The SMILES string of the molecule is COC(OC)(OC(c1ccccc1)(c1ccccc1)c1ccccc1)[C@@]1(C(=O)c2ccccc2)O[C@@H](n2ccc(N)nc2=O)C[C@@H]1OC(=O)CCC(=O)O. The summed E-state index contributed by atoms with van der Waals surface area (Å²) in [6, 6.07) is 37.1. The Balaban J connectivity index is 1.67. The highest BCUT2D eigenvalue weighted by Gasteiger charge is 2.73. The van der Waals surface area contributed by atoms with Crippen molar-refractivity contribution in [2.24, 2.45) is 0 Å². The smallest absolute Gasteiger partial charge is 0.351 e. The molecule has 1 aliphatic heterocycles. The van der Waals surface area contributed by atoms with Crippen LogP contribution < -0.4 is 11.4 Å². The van der Waals surface area contributed by atoms with Gasteiger partial charge < -0.3 is 34.5 Å². The molecule has 13 heteroatoms. The van der Waals surface area contributed by atoms with Gasteiger partial charge in [-0.3, -0.25) is 19.0 Å². The average Bonchev–Trinajstić information content (AvgIpc) is 3.58. The molecule has 4 aromatic carbocycles. The summed E-state index contributed by atoms with van der Waals surface area (Å²) < 4.78 is 33.8. The third-order valence-electron chi connectivity index (χ3n) is 9.36. The minimum Gasteiger partial charge on any atom is -0.481 e. The molecule has 3 atom stereocenters. The number of rotatable bonds is 15. The van der Waals surface area contributed by atoms with Gasteiger partial charge in [-0.05, 0) is 22.8 Å². The van der Waals surface area contributed by atoms with Crippen LogP contribution in [0.4, 0.5) is 5.82 Å². The van der Waals surface area contributed by atoms with Gasteiger partial charge in [0.05, 0.1) is 12.8 Å². The van der Waals surface area contributed by atoms with Gasteiger partial charge in [0.2, 0.25) is 5.78 Å². The maximum absolute atomic E-state index is 15.4. The summed E-state index contributed by atoms with van der Waals surface area (Å²) in [6.07, 6.45) is -3.01. The highest BCUT2D eigenvalue weighted by Crippen LogP contribution is 2.54. The molecule has 3 N–H and O–H groups in total. The number of carboxylic acid groups (broad SMARTS) is 1. The normalized spacial score (nSPS) is 18.6. The van der Waals surface area contributed by atoms with Gasteiger partial charge in [0.25, 0.3) is 5.60 Å². The number of Topliss-reactive ketones (excluding diaryl/α,β-unsaturated/α-hetero) is 1. The second kappa shape index (κ2) is 15.9. The predicted octanol–water partition coefficient (Wildman–Crippen LogP) is 5.10. The molecule has 0 amide bonds. The van der Waals surface area contributed by atoms with Crippen molar-refractivity contribution in [3.05, 3.63) is 166 Å². The number of ketones is 1. The molecule has 54 heavy (non-hydrogen) atoms. The van der Waals surface area contributed by atoms with Crippen molar-refractivity contribution in [3.8, 4) is 0 Å². The number of ether oxygens (including phenoxy) is 5. The van der Waals surface area contributed by atoms with Crippen molar-refractivity contribution < 1.29 is 43.2 Å². The molecule has 1 saturated heterocycles. The summed E-state index contributed by atoms with van der Waals surface area (Å²) in [4.78, 5) is 57.5. The Kier molecular flexibility index (Phi) is 11.1. The van der Waals surface area contributed by atoms with Crippen LogP contribution in [-0.4, -0.2) is 64.3 Å². The Bertz CT molecular complexity index is 2030. The monoisotopic (exact) mass is 733 g/mol. The lowest BCUT2D eigenvalue weighted by molar-refractivity contribution is -0.444. The Morgan fingerprint density at radius 2 is 1.31 bits per heavy atom. The maximum atomic E-state index is 15.4. The highest BCUT2D eigenvalue weighted by atomic mass is 16.9. The van der Waals surface area contributed by atoms with E-state index in [4.69, 9.17) is 29.4 Å². The molecular formula is C41H39N3O10. The number of nitrogens with zero attached hydrogens (tertiary/aromatic N) is 2. The van der Waals surface area contributed by atoms with E-state index in [1.807, 2.05) is 91.0 Å². The van der Waals surface area contributed by atoms with Gasteiger partial charge in [-0.2, -0.15) is 4.98 Å². The van der Waals surface area contributed by atoms with Crippen LogP contribution in [0.25, 0.3) is 0 Å². The van der Waals surface area contributed by atoms with Crippen molar-refractivity contribution in [1.82, 2.24) is 9.55 Å². The third kappa shape index (κ3) is 6.93. The van der Waals surface area contributed by atoms with E-state index in [1.165, 1.54) is 38.6 Å². The summed E-state index contributed by atoms with van der Waals surface area (Å²) in [5, 5.41) is 9.36. The quantitative estimate of drug-likeness (QED) is 0.0631. The van der Waals surface area contributed by atoms with Crippen LogP contribution in [-0.2, 0) is 38.9 Å². The zero-order valence-corrected chi connectivity index (χ0v) is 29.6. The first-order valence-electron chi connectivity index (χ1n) is 17.1. The Morgan fingerprint density at radius 3 is 1.78 bits per heavy atom. The van der Waals surface area contributed by atoms with Crippen LogP contribution in [0.5, 0.6) is 0 Å². The first-order chi connectivity index (χ1) is 26.1. The topological polar surface area (TPSA) is 178 Å². The van der Waals surface area contributed by atoms with Crippen LogP contribution in [0.15, 0.2) is 138 Å². The van der Waals surface area contributed by atoms with Crippen molar-refractivity contribution in [3.63, 3.8) is 0 Å². The Hall–Kier alpha value is -5.99. The first-order valence-corrected chi connectivity index (χ1v) is 17.1. The van der Waals surface area contributed by atoms with E-state index >= 15 is 4.79 Å². The lowest BCUT2D eigenvalue weighted by Crippen LogP contribution is -2.70. The van der Waals surface area contributed by atoms with Gasteiger partial charge in [0.1, 0.15) is 17.6 Å². The lowest BCUT2D eigenvalue weighted by atomic mass is 9.78. The second-order valence-electron chi connectivity index (χ2n) is 12.5. The number of nitrogens with two attached hydrogens (primary N) is 1. The summed E-state index contributed by atoms with van der Waals surface area (Å²) in [5.74, 6) is -5.63. The molecule has 0 bridgehead atoms. The molecule has 0 spiro atoms. The number of nitrogen functional groups attached to an aromatic ring is 1. The predicted molar refractivity (Wildman–Crippen MR) is 195 cm³/mol. The molecule has 0 radical (unpaired) electrons. The van der Waals surface area contributed by atoms with Crippen molar-refractivity contribution in [2.75, 3.05) is 20.0 Å². The third-order valence-corrected chi connectivity index (χ3v) is 9.36. The van der Waals surface area contributed by atoms with E-state index in [0.717, 1.165) is 4.57 Å². The van der Waals surface area contributed by atoms with E-state index in [1.54, 1.807) is 18.2 Å². The molecule has 2 heterocycles. The molecule has 13 nitrogen and oxygen atoms in total. The van der Waals surface area contributed by atoms with E-state index in [9.17, 15) is 19.5 Å². The van der Waals surface area contributed by atoms with Crippen LogP contribution in [0, 0.1) is 0 Å². The van der Waals surface area contributed by atoms with E-state index < -0.39 is 65.8 Å². The molecule has 6 rings (SSSR count). The fourth-order valence-electron chi connectivity index (χ4n) is 6.92. The molecule has 0 aliphatic carbocycles. The second-order valence-corrected chi connectivity index (χ2v) is 12.5. The van der Waals surface area contributed by atoms with E-state index in [0.29, 0.717) is 16.7 Å². The van der Waals surface area contributed by atoms with Gasteiger partial charge in [0, 0.05) is 32.4 Å². The van der Waals surface area contributed by atoms with E-state index in [2.05, 4.69) is 4.98 Å². The zero-order chi connectivity index (χ0) is 38.3. The molecule has 1 aliphatic rings. The van der Waals surface area contributed by atoms with Crippen molar-refractivity contribution in [2.45, 2.75) is 48.8 Å². The molecule has 0 saturated carbocycles. The fraction of sp³-hybridized carbons (Fsp3) is 0.244. The molecule has 1 aromatic heterocycles. The van der Waals surface area contributed by atoms with Gasteiger partial charge in [-0.15, -0.1) is 0 Å². The minimum atomic E-state index is -2.60. The average molecular weight is 734 g/mol. The van der Waals surface area contributed by atoms with Crippen LogP contribution in [0.1, 0.15) is 52.5 Å². The summed E-state index contributed by atoms with van der Waals surface area (Å²) in [7, 11) is 2.51. The largest absolute Gasteiger partial charge is 0.481 e. The lowest BCUT2D eigenvalue weighted by Gasteiger charge is -2.50. The summed E-state index contributed by atoms with van der Waals surface area (Å²) >= 11 is 0. The van der Waals surface area contributed by atoms with Gasteiger partial charge >= 0.3 is 23.6 Å². The molecule has 5 aromatic rings.